The van der Waals surface area contributed by atoms with Gasteiger partial charge in [-0.25, -0.2) is 17.5 Å². The largest absolute Gasteiger partial charge is 0.478 e. The molecule has 1 atom stereocenters. The number of carboxylic acids is 1. The minimum Gasteiger partial charge on any atom is -0.478 e. The lowest BCUT2D eigenvalue weighted by Crippen LogP contribution is -2.23. The minimum absolute atomic E-state index is 0.0844. The molecule has 1 unspecified atom stereocenters. The second-order valence-corrected chi connectivity index (χ2v) is 6.48. The number of terminal acetylenes is 1. The molecule has 1 aromatic carbocycles. The van der Waals surface area contributed by atoms with Crippen molar-refractivity contribution in [2.45, 2.75) is 17.9 Å². The normalized spacial score (nSPS) is 12.8. The van der Waals surface area contributed by atoms with Crippen molar-refractivity contribution < 1.29 is 18.3 Å². The predicted molar refractivity (Wildman–Crippen MR) is 76.2 cm³/mol. The Hall–Kier alpha value is -2.04. The van der Waals surface area contributed by atoms with Gasteiger partial charge in [0.2, 0.25) is 10.0 Å². The highest BCUT2D eigenvalue weighted by Gasteiger charge is 2.21. The maximum absolute atomic E-state index is 12.0. The molecule has 0 aliphatic heterocycles. The van der Waals surface area contributed by atoms with Crippen LogP contribution in [0, 0.1) is 12.3 Å². The lowest BCUT2D eigenvalue weighted by Gasteiger charge is -2.15. The minimum atomic E-state index is -3.68. The summed E-state index contributed by atoms with van der Waals surface area (Å²) in [5.74, 6) is 1.18. The highest BCUT2D eigenvalue weighted by molar-refractivity contribution is 7.89. The summed E-state index contributed by atoms with van der Waals surface area (Å²) in [5, 5.41) is 12.0. The van der Waals surface area contributed by atoms with Gasteiger partial charge in [0.1, 0.15) is 0 Å². The summed E-state index contributed by atoms with van der Waals surface area (Å²) in [4.78, 5) is 11.2. The summed E-state index contributed by atoms with van der Waals surface area (Å²) in [6.07, 6.45) is 5.22. The Bertz CT molecular complexity index is 659. The molecular weight excluding hydrogens is 280 g/mol. The summed E-state index contributed by atoms with van der Waals surface area (Å²) in [7, 11) is -0.927. The van der Waals surface area contributed by atoms with Crippen molar-refractivity contribution in [1.82, 2.24) is 4.31 Å². The number of rotatable bonds is 5. The van der Waals surface area contributed by atoms with E-state index in [0.717, 1.165) is 10.4 Å². The smallest absolute Gasteiger partial charge is 0.337 e. The molecule has 0 radical (unpaired) electrons. The number of sulfonamides is 1. The molecule has 0 fully saturated rings. The molecule has 1 aromatic rings. The van der Waals surface area contributed by atoms with Crippen LogP contribution in [-0.4, -0.2) is 43.9 Å². The number of nitrogens with one attached hydrogen (secondary N) is 1. The number of carboxylic acid groups (broad SMARTS) is 1. The van der Waals surface area contributed by atoms with Gasteiger partial charge in [0.25, 0.3) is 0 Å². The fourth-order valence-corrected chi connectivity index (χ4v) is 2.40. The van der Waals surface area contributed by atoms with Crippen LogP contribution in [0.4, 0.5) is 5.69 Å². The summed E-state index contributed by atoms with van der Waals surface area (Å²) < 4.78 is 25.0. The number of nitrogens with zero attached hydrogens (tertiary/aromatic N) is 1. The van der Waals surface area contributed by atoms with Crippen LogP contribution < -0.4 is 5.32 Å². The van der Waals surface area contributed by atoms with E-state index >= 15 is 0 Å². The molecule has 0 heterocycles. The van der Waals surface area contributed by atoms with Crippen molar-refractivity contribution in [1.29, 1.82) is 0 Å². The molecule has 7 heteroatoms. The average molecular weight is 296 g/mol. The first-order valence-electron chi connectivity index (χ1n) is 5.72. The first-order chi connectivity index (χ1) is 9.20. The van der Waals surface area contributed by atoms with Crippen LogP contribution in [-0.2, 0) is 10.0 Å². The van der Waals surface area contributed by atoms with Crippen LogP contribution in [0.3, 0.4) is 0 Å². The SMILES string of the molecule is C#CC(C)Nc1ccc(S(=O)(=O)N(C)C)cc1C(=O)O. The van der Waals surface area contributed by atoms with Crippen LogP contribution in [0.5, 0.6) is 0 Å². The van der Waals surface area contributed by atoms with E-state index in [0.29, 0.717) is 0 Å². The lowest BCUT2D eigenvalue weighted by atomic mass is 10.1. The molecule has 0 saturated carbocycles. The topological polar surface area (TPSA) is 86.7 Å². The number of carbonyl (C=O) groups is 1. The van der Waals surface area contributed by atoms with Gasteiger partial charge in [-0.05, 0) is 25.1 Å². The van der Waals surface area contributed by atoms with Crippen LogP contribution in [0.25, 0.3) is 0 Å². The molecular formula is C13H16N2O4S. The molecule has 20 heavy (non-hydrogen) atoms. The summed E-state index contributed by atoms with van der Waals surface area (Å²) in [5.41, 5.74) is 0.135. The molecule has 6 nitrogen and oxygen atoms in total. The van der Waals surface area contributed by atoms with E-state index in [4.69, 9.17) is 6.42 Å². The number of hydrogen-bond donors (Lipinski definition) is 2. The Morgan fingerprint density at radius 3 is 2.50 bits per heavy atom. The van der Waals surface area contributed by atoms with E-state index in [2.05, 4.69) is 11.2 Å². The summed E-state index contributed by atoms with van der Waals surface area (Å²) in [6.45, 7) is 1.69. The third-order valence-corrected chi connectivity index (χ3v) is 4.43. The van der Waals surface area contributed by atoms with E-state index in [-0.39, 0.29) is 22.2 Å². The van der Waals surface area contributed by atoms with Crippen molar-refractivity contribution >= 4 is 21.7 Å². The van der Waals surface area contributed by atoms with Crippen LogP contribution in [0.1, 0.15) is 17.3 Å². The standard InChI is InChI=1S/C13H16N2O4S/c1-5-9(2)14-12-7-6-10(8-11(12)13(16)17)20(18,19)15(3)4/h1,6-9,14H,2-4H3,(H,16,17). The zero-order valence-electron chi connectivity index (χ0n) is 11.4. The molecule has 0 saturated heterocycles. The second-order valence-electron chi connectivity index (χ2n) is 4.33. The van der Waals surface area contributed by atoms with Crippen LogP contribution >= 0.6 is 0 Å². The van der Waals surface area contributed by atoms with E-state index < -0.39 is 16.0 Å². The molecule has 2 N–H and O–H groups in total. The van der Waals surface area contributed by atoms with Crippen molar-refractivity contribution in [3.05, 3.63) is 23.8 Å². The third kappa shape index (κ3) is 3.29. The fourth-order valence-electron chi connectivity index (χ4n) is 1.47. The van der Waals surface area contributed by atoms with E-state index in [1.807, 2.05) is 0 Å². The predicted octanol–water partition coefficient (Wildman–Crippen LogP) is 1.07. The zero-order chi connectivity index (χ0) is 15.5. The maximum atomic E-state index is 12.0. The van der Waals surface area contributed by atoms with E-state index in [9.17, 15) is 18.3 Å². The Morgan fingerprint density at radius 2 is 2.05 bits per heavy atom. The molecule has 1 rings (SSSR count). The van der Waals surface area contributed by atoms with Gasteiger partial charge in [-0.3, -0.25) is 0 Å². The molecule has 0 amide bonds. The highest BCUT2D eigenvalue weighted by atomic mass is 32.2. The Labute approximate surface area is 118 Å². The molecule has 108 valence electrons. The summed E-state index contributed by atoms with van der Waals surface area (Å²) >= 11 is 0. The van der Waals surface area contributed by atoms with Gasteiger partial charge in [0.15, 0.2) is 0 Å². The number of anilines is 1. The van der Waals surface area contributed by atoms with Gasteiger partial charge >= 0.3 is 5.97 Å². The monoisotopic (exact) mass is 296 g/mol. The average Bonchev–Trinajstić information content (AvgIpc) is 2.38. The molecule has 0 bridgehead atoms. The van der Waals surface area contributed by atoms with Gasteiger partial charge < -0.3 is 10.4 Å². The molecule has 0 aliphatic rings. The van der Waals surface area contributed by atoms with Crippen LogP contribution in [0.15, 0.2) is 23.1 Å². The number of hydrogen-bond acceptors (Lipinski definition) is 4. The van der Waals surface area contributed by atoms with Crippen molar-refractivity contribution in [2.75, 3.05) is 19.4 Å². The van der Waals surface area contributed by atoms with Crippen molar-refractivity contribution in [3.8, 4) is 12.3 Å². The van der Waals surface area contributed by atoms with Crippen molar-refractivity contribution in [3.63, 3.8) is 0 Å². The Morgan fingerprint density at radius 1 is 1.45 bits per heavy atom. The van der Waals surface area contributed by atoms with Crippen LogP contribution in [0.2, 0.25) is 0 Å². The quantitative estimate of drug-likeness (QED) is 0.794. The second kappa shape index (κ2) is 5.94. The highest BCUT2D eigenvalue weighted by Crippen LogP contribution is 2.22. The third-order valence-electron chi connectivity index (χ3n) is 2.62. The lowest BCUT2D eigenvalue weighted by molar-refractivity contribution is 0.0697. The van der Waals surface area contributed by atoms with Crippen molar-refractivity contribution in [2.24, 2.45) is 0 Å². The number of benzene rings is 1. The maximum Gasteiger partial charge on any atom is 0.337 e. The Balaban J connectivity index is 3.35. The van der Waals surface area contributed by atoms with E-state index in [1.165, 1.54) is 26.2 Å². The fraction of sp³-hybridized carbons (Fsp3) is 0.308. The first-order valence-corrected chi connectivity index (χ1v) is 7.16. The molecule has 0 aromatic heterocycles. The van der Waals surface area contributed by atoms with Gasteiger partial charge in [-0.15, -0.1) is 6.42 Å². The van der Waals surface area contributed by atoms with Gasteiger partial charge in [-0.1, -0.05) is 5.92 Å². The first kappa shape index (κ1) is 16.0. The molecule has 0 aliphatic carbocycles. The van der Waals surface area contributed by atoms with E-state index in [1.54, 1.807) is 6.92 Å². The number of aromatic carboxylic acids is 1. The zero-order valence-corrected chi connectivity index (χ0v) is 12.2. The van der Waals surface area contributed by atoms with Gasteiger partial charge in [0.05, 0.1) is 16.5 Å². The van der Waals surface area contributed by atoms with Gasteiger partial charge in [-0.2, -0.15) is 0 Å². The molecule has 0 spiro atoms. The van der Waals surface area contributed by atoms with Gasteiger partial charge in [0, 0.05) is 19.8 Å². The Kier molecular flexibility index (Phi) is 4.76. The summed E-state index contributed by atoms with van der Waals surface area (Å²) in [6, 6.07) is 3.48.